The minimum atomic E-state index is -0.403. The molecule has 0 N–H and O–H groups in total. The van der Waals surface area contributed by atoms with Crippen LogP contribution in [0.25, 0.3) is 0 Å². The van der Waals surface area contributed by atoms with E-state index in [1.807, 2.05) is 40.7 Å². The molecule has 0 spiro atoms. The van der Waals surface area contributed by atoms with Crippen molar-refractivity contribution in [2.24, 2.45) is 0 Å². The minimum absolute atomic E-state index is 0.351. The molecule has 0 unspecified atom stereocenters. The van der Waals surface area contributed by atoms with Crippen molar-refractivity contribution in [3.05, 3.63) is 16.2 Å². The summed E-state index contributed by atoms with van der Waals surface area (Å²) < 4.78 is 18.1. The molecule has 104 valence electrons. The maximum absolute atomic E-state index is 6.04. The second kappa shape index (κ2) is 4.75. The molecule has 2 heterocycles. The van der Waals surface area contributed by atoms with Gasteiger partial charge in [0, 0.05) is 11.2 Å². The summed E-state index contributed by atoms with van der Waals surface area (Å²) in [6, 6.07) is 1.95. The molecule has 6 heteroatoms. The smallest absolute Gasteiger partial charge is 0.480 e. The summed E-state index contributed by atoms with van der Waals surface area (Å²) in [5, 5.41) is 0. The van der Waals surface area contributed by atoms with Gasteiger partial charge in [0.05, 0.1) is 22.8 Å². The zero-order valence-electron chi connectivity index (χ0n) is 12.2. The summed E-state index contributed by atoms with van der Waals surface area (Å²) in [7, 11) is 1.20. The lowest BCUT2D eigenvalue weighted by atomic mass is 9.78. The lowest BCUT2D eigenvalue weighted by Crippen LogP contribution is -2.41. The van der Waals surface area contributed by atoms with Crippen LogP contribution in [0.3, 0.4) is 0 Å². The molecule has 4 nitrogen and oxygen atoms in total. The molecule has 2 rings (SSSR count). The normalized spacial score (nSPS) is 20.7. The van der Waals surface area contributed by atoms with Gasteiger partial charge in [-0.25, -0.2) is 4.98 Å². The van der Waals surface area contributed by atoms with Gasteiger partial charge in [0.1, 0.15) is 0 Å². The van der Waals surface area contributed by atoms with Gasteiger partial charge in [-0.1, -0.05) is 0 Å². The standard InChI is InChI=1S/C13H19BBrNO3/c1-8-9(7-10(15)11(16-8)17-6)14-18-12(2,3)13(4,5)19-14/h7H,1-6H3. The van der Waals surface area contributed by atoms with Crippen LogP contribution in [0.2, 0.25) is 0 Å². The number of aryl methyl sites for hydroxylation is 1. The number of hydrogen-bond donors (Lipinski definition) is 0. The summed E-state index contributed by atoms with van der Waals surface area (Å²) >= 11 is 3.45. The van der Waals surface area contributed by atoms with Crippen LogP contribution in [0.5, 0.6) is 5.88 Å². The van der Waals surface area contributed by atoms with E-state index in [1.165, 1.54) is 0 Å². The molecule has 1 fully saturated rings. The molecule has 0 aromatic carbocycles. The van der Waals surface area contributed by atoms with E-state index in [1.54, 1.807) is 7.11 Å². The molecule has 0 amide bonds. The van der Waals surface area contributed by atoms with Crippen LogP contribution in [-0.4, -0.2) is 30.4 Å². The molecule has 0 aliphatic carbocycles. The van der Waals surface area contributed by atoms with Crippen LogP contribution < -0.4 is 10.2 Å². The first-order valence-corrected chi connectivity index (χ1v) is 7.04. The van der Waals surface area contributed by atoms with Crippen LogP contribution in [0.1, 0.15) is 33.4 Å². The SMILES string of the molecule is COc1nc(C)c(B2OC(C)(C)C(C)(C)O2)cc1Br. The Hall–Kier alpha value is -0.585. The molecular weight excluding hydrogens is 309 g/mol. The molecule has 1 aromatic heterocycles. The molecular formula is C13H19BBrNO3. The molecule has 0 saturated carbocycles. The molecule has 1 aliphatic heterocycles. The van der Waals surface area contributed by atoms with Gasteiger partial charge in [-0.15, -0.1) is 0 Å². The lowest BCUT2D eigenvalue weighted by molar-refractivity contribution is 0.00578. The van der Waals surface area contributed by atoms with Gasteiger partial charge < -0.3 is 14.0 Å². The fraction of sp³-hybridized carbons (Fsp3) is 0.615. The highest BCUT2D eigenvalue weighted by Crippen LogP contribution is 2.37. The molecule has 0 bridgehead atoms. The summed E-state index contributed by atoms with van der Waals surface area (Å²) in [6.07, 6.45) is 0. The van der Waals surface area contributed by atoms with Gasteiger partial charge in [0.15, 0.2) is 0 Å². The zero-order chi connectivity index (χ0) is 14.4. The van der Waals surface area contributed by atoms with Crippen molar-refractivity contribution in [3.8, 4) is 5.88 Å². The molecule has 1 aliphatic rings. The van der Waals surface area contributed by atoms with Crippen LogP contribution in [0.15, 0.2) is 10.5 Å². The third kappa shape index (κ3) is 2.53. The number of nitrogens with zero attached hydrogens (tertiary/aromatic N) is 1. The average molecular weight is 328 g/mol. The Morgan fingerprint density at radius 2 is 1.74 bits per heavy atom. The van der Waals surface area contributed by atoms with E-state index in [-0.39, 0.29) is 11.2 Å². The Morgan fingerprint density at radius 3 is 2.21 bits per heavy atom. The number of hydrogen-bond acceptors (Lipinski definition) is 4. The fourth-order valence-electron chi connectivity index (χ4n) is 1.92. The van der Waals surface area contributed by atoms with E-state index in [9.17, 15) is 0 Å². The monoisotopic (exact) mass is 327 g/mol. The Kier molecular flexibility index (Phi) is 3.71. The van der Waals surface area contributed by atoms with Crippen molar-refractivity contribution >= 4 is 28.5 Å². The Morgan fingerprint density at radius 1 is 1.21 bits per heavy atom. The van der Waals surface area contributed by atoms with Gasteiger partial charge in [0.2, 0.25) is 5.88 Å². The summed E-state index contributed by atoms with van der Waals surface area (Å²) in [5.74, 6) is 0.567. The summed E-state index contributed by atoms with van der Waals surface area (Å²) in [4.78, 5) is 4.40. The number of aromatic nitrogens is 1. The Labute approximate surface area is 123 Å². The molecule has 1 saturated heterocycles. The van der Waals surface area contributed by atoms with Crippen LogP contribution in [0, 0.1) is 6.92 Å². The lowest BCUT2D eigenvalue weighted by Gasteiger charge is -2.32. The second-order valence-corrected chi connectivity index (χ2v) is 6.60. The molecule has 1 aromatic rings. The van der Waals surface area contributed by atoms with E-state index in [2.05, 4.69) is 20.9 Å². The number of ether oxygens (including phenoxy) is 1. The Balaban J connectivity index is 2.37. The number of pyridine rings is 1. The largest absolute Gasteiger partial charge is 0.496 e. The van der Waals surface area contributed by atoms with Crippen molar-refractivity contribution < 1.29 is 14.0 Å². The van der Waals surface area contributed by atoms with Gasteiger partial charge in [-0.05, 0) is 56.6 Å². The van der Waals surface area contributed by atoms with Crippen LogP contribution in [-0.2, 0) is 9.31 Å². The van der Waals surface area contributed by atoms with Gasteiger partial charge >= 0.3 is 7.12 Å². The number of methoxy groups -OCH3 is 1. The van der Waals surface area contributed by atoms with Crippen molar-refractivity contribution in [2.45, 2.75) is 45.8 Å². The highest BCUT2D eigenvalue weighted by Gasteiger charge is 2.52. The third-order valence-corrected chi connectivity index (χ3v) is 4.44. The predicted molar refractivity (Wildman–Crippen MR) is 78.9 cm³/mol. The van der Waals surface area contributed by atoms with Crippen molar-refractivity contribution in [1.29, 1.82) is 0 Å². The predicted octanol–water partition coefficient (Wildman–Crippen LogP) is 2.46. The van der Waals surface area contributed by atoms with Gasteiger partial charge in [-0.3, -0.25) is 0 Å². The molecule has 0 atom stereocenters. The van der Waals surface area contributed by atoms with E-state index < -0.39 is 7.12 Å². The third-order valence-electron chi connectivity index (χ3n) is 3.87. The minimum Gasteiger partial charge on any atom is -0.480 e. The Bertz CT molecular complexity index is 489. The highest BCUT2D eigenvalue weighted by atomic mass is 79.9. The number of rotatable bonds is 2. The van der Waals surface area contributed by atoms with Crippen LogP contribution in [0.4, 0.5) is 0 Å². The van der Waals surface area contributed by atoms with Gasteiger partial charge in [-0.2, -0.15) is 0 Å². The number of halogens is 1. The zero-order valence-corrected chi connectivity index (χ0v) is 13.8. The topological polar surface area (TPSA) is 40.6 Å². The summed E-state index contributed by atoms with van der Waals surface area (Å²) in [6.45, 7) is 10.1. The second-order valence-electron chi connectivity index (χ2n) is 5.74. The first-order chi connectivity index (χ1) is 8.68. The molecule has 19 heavy (non-hydrogen) atoms. The maximum atomic E-state index is 6.04. The van der Waals surface area contributed by atoms with E-state index >= 15 is 0 Å². The molecule has 0 radical (unpaired) electrons. The van der Waals surface area contributed by atoms with E-state index in [4.69, 9.17) is 14.0 Å². The maximum Gasteiger partial charge on any atom is 0.496 e. The average Bonchev–Trinajstić information content (AvgIpc) is 2.50. The van der Waals surface area contributed by atoms with Crippen molar-refractivity contribution in [2.75, 3.05) is 7.11 Å². The van der Waals surface area contributed by atoms with Crippen LogP contribution >= 0.6 is 15.9 Å². The van der Waals surface area contributed by atoms with Gasteiger partial charge in [0.25, 0.3) is 0 Å². The fourth-order valence-corrected chi connectivity index (χ4v) is 2.42. The quantitative estimate of drug-likeness (QED) is 0.782. The van der Waals surface area contributed by atoms with E-state index in [0.29, 0.717) is 5.88 Å². The highest BCUT2D eigenvalue weighted by molar-refractivity contribution is 9.10. The first-order valence-electron chi connectivity index (χ1n) is 6.24. The summed E-state index contributed by atoms with van der Waals surface area (Å²) in [5.41, 5.74) is 1.07. The van der Waals surface area contributed by atoms with Crippen molar-refractivity contribution in [3.63, 3.8) is 0 Å². The van der Waals surface area contributed by atoms with E-state index in [0.717, 1.165) is 15.6 Å². The van der Waals surface area contributed by atoms with Crippen molar-refractivity contribution in [1.82, 2.24) is 4.98 Å². The first kappa shape index (κ1) is 14.8.